The van der Waals surface area contributed by atoms with E-state index < -0.39 is 6.10 Å². The summed E-state index contributed by atoms with van der Waals surface area (Å²) in [6.07, 6.45) is 0.0330. The van der Waals surface area contributed by atoms with Crippen LogP contribution in [0.4, 0.5) is 0 Å². The van der Waals surface area contributed by atoms with Crippen molar-refractivity contribution in [1.29, 1.82) is 0 Å². The van der Waals surface area contributed by atoms with Crippen LogP contribution in [-0.2, 0) is 6.42 Å². The van der Waals surface area contributed by atoms with Gasteiger partial charge in [0.15, 0.2) is 0 Å². The highest BCUT2D eigenvalue weighted by Crippen LogP contribution is 2.31. The minimum Gasteiger partial charge on any atom is -0.390 e. The molecule has 21 heavy (non-hydrogen) atoms. The lowest BCUT2D eigenvalue weighted by Gasteiger charge is -2.18. The molecule has 0 aromatic heterocycles. The molecule has 0 aliphatic heterocycles. The van der Waals surface area contributed by atoms with Crippen molar-refractivity contribution in [1.82, 2.24) is 5.32 Å². The number of carbonyl (C=O) groups is 1. The molecule has 0 fully saturated rings. The Morgan fingerprint density at radius 1 is 1.19 bits per heavy atom. The lowest BCUT2D eigenvalue weighted by atomic mass is 10.0. The molecule has 1 aliphatic rings. The van der Waals surface area contributed by atoms with Crippen molar-refractivity contribution < 1.29 is 9.90 Å². The van der Waals surface area contributed by atoms with Crippen LogP contribution in [0.2, 0.25) is 0 Å². The van der Waals surface area contributed by atoms with E-state index in [0.717, 1.165) is 22.3 Å². The Morgan fingerprint density at radius 3 is 2.71 bits per heavy atom. The van der Waals surface area contributed by atoms with E-state index >= 15 is 0 Å². The first kappa shape index (κ1) is 13.8. The molecular formula is C18H19NO2. The molecule has 0 heterocycles. The molecule has 1 amide bonds. The summed E-state index contributed by atoms with van der Waals surface area (Å²) < 4.78 is 0. The Balaban J connectivity index is 1.85. The van der Waals surface area contributed by atoms with Crippen molar-refractivity contribution in [2.45, 2.75) is 32.4 Å². The zero-order chi connectivity index (χ0) is 15.0. The van der Waals surface area contributed by atoms with Crippen molar-refractivity contribution in [3.63, 3.8) is 0 Å². The Hall–Kier alpha value is -2.13. The van der Waals surface area contributed by atoms with E-state index in [4.69, 9.17) is 0 Å². The second-order valence-electron chi connectivity index (χ2n) is 5.74. The number of aryl methyl sites for hydroxylation is 2. The number of hydrogen-bond acceptors (Lipinski definition) is 2. The van der Waals surface area contributed by atoms with Gasteiger partial charge in [-0.05, 0) is 36.6 Å². The van der Waals surface area contributed by atoms with Crippen LogP contribution >= 0.6 is 0 Å². The minimum atomic E-state index is -0.558. The van der Waals surface area contributed by atoms with Crippen molar-refractivity contribution in [3.8, 4) is 0 Å². The minimum absolute atomic E-state index is 0.131. The number of amides is 1. The van der Waals surface area contributed by atoms with Crippen LogP contribution in [0.3, 0.4) is 0 Å². The number of fused-ring (bicyclic) bond motifs is 1. The highest BCUT2D eigenvalue weighted by atomic mass is 16.3. The van der Waals surface area contributed by atoms with Gasteiger partial charge in [-0.25, -0.2) is 0 Å². The molecule has 0 unspecified atom stereocenters. The summed E-state index contributed by atoms with van der Waals surface area (Å²) >= 11 is 0. The second-order valence-corrected chi connectivity index (χ2v) is 5.74. The van der Waals surface area contributed by atoms with E-state index in [1.54, 1.807) is 0 Å². The number of aliphatic hydroxyl groups excluding tert-OH is 1. The number of rotatable bonds is 2. The number of benzene rings is 2. The third-order valence-electron chi connectivity index (χ3n) is 4.12. The van der Waals surface area contributed by atoms with Crippen molar-refractivity contribution in [3.05, 3.63) is 70.3 Å². The zero-order valence-corrected chi connectivity index (χ0v) is 12.3. The first-order valence-corrected chi connectivity index (χ1v) is 7.20. The summed E-state index contributed by atoms with van der Waals surface area (Å²) in [7, 11) is 0. The molecule has 2 aromatic rings. The van der Waals surface area contributed by atoms with Gasteiger partial charge in [0, 0.05) is 12.0 Å². The number of aliphatic hydroxyl groups is 1. The van der Waals surface area contributed by atoms with Crippen LogP contribution in [0, 0.1) is 13.8 Å². The molecule has 0 spiro atoms. The van der Waals surface area contributed by atoms with E-state index in [1.807, 2.05) is 56.3 Å². The van der Waals surface area contributed by atoms with Crippen LogP contribution in [0.25, 0.3) is 0 Å². The number of hydrogen-bond donors (Lipinski definition) is 2. The van der Waals surface area contributed by atoms with Crippen molar-refractivity contribution in [2.75, 3.05) is 0 Å². The van der Waals surface area contributed by atoms with E-state index in [1.165, 1.54) is 0 Å². The zero-order valence-electron chi connectivity index (χ0n) is 12.3. The van der Waals surface area contributed by atoms with Gasteiger partial charge in [0.1, 0.15) is 0 Å². The summed E-state index contributed by atoms with van der Waals surface area (Å²) in [4.78, 5) is 12.5. The third-order valence-corrected chi connectivity index (χ3v) is 4.12. The maximum Gasteiger partial charge on any atom is 0.252 e. The van der Waals surface area contributed by atoms with Gasteiger partial charge in [0.25, 0.3) is 5.91 Å². The summed E-state index contributed by atoms with van der Waals surface area (Å²) in [6.45, 7) is 3.94. The third kappa shape index (κ3) is 2.57. The maximum absolute atomic E-state index is 12.5. The molecule has 0 radical (unpaired) electrons. The molecule has 3 heteroatoms. The molecule has 1 aliphatic carbocycles. The molecule has 108 valence electrons. The van der Waals surface area contributed by atoms with Gasteiger partial charge in [0.2, 0.25) is 0 Å². The summed E-state index contributed by atoms with van der Waals surface area (Å²) in [5.41, 5.74) is 4.87. The SMILES string of the molecule is Cc1ccc(C(=O)N[C@H]2c3ccccc3C[C@H]2O)c(C)c1. The smallest absolute Gasteiger partial charge is 0.252 e. The van der Waals surface area contributed by atoms with Gasteiger partial charge >= 0.3 is 0 Å². The first-order chi connectivity index (χ1) is 10.1. The lowest BCUT2D eigenvalue weighted by Crippen LogP contribution is -2.34. The fraction of sp³-hybridized carbons (Fsp3) is 0.278. The normalized spacial score (nSPS) is 20.1. The Kier molecular flexibility index (Phi) is 3.52. The Morgan fingerprint density at radius 2 is 1.95 bits per heavy atom. The topological polar surface area (TPSA) is 49.3 Å². The predicted molar refractivity (Wildman–Crippen MR) is 82.3 cm³/mol. The predicted octanol–water partition coefficient (Wildman–Crippen LogP) is 2.69. The van der Waals surface area contributed by atoms with Gasteiger partial charge in [-0.1, -0.05) is 42.0 Å². The molecular weight excluding hydrogens is 262 g/mol. The molecule has 0 saturated carbocycles. The van der Waals surface area contributed by atoms with Crippen LogP contribution in [0.1, 0.15) is 38.7 Å². The Labute approximate surface area is 124 Å². The molecule has 0 bridgehead atoms. The van der Waals surface area contributed by atoms with Gasteiger partial charge in [-0.15, -0.1) is 0 Å². The number of carbonyl (C=O) groups excluding carboxylic acids is 1. The van der Waals surface area contributed by atoms with Crippen LogP contribution in [0.15, 0.2) is 42.5 Å². The average Bonchev–Trinajstić information content (AvgIpc) is 2.75. The van der Waals surface area contributed by atoms with E-state index in [0.29, 0.717) is 12.0 Å². The molecule has 3 nitrogen and oxygen atoms in total. The quantitative estimate of drug-likeness (QED) is 0.889. The van der Waals surface area contributed by atoms with Crippen molar-refractivity contribution >= 4 is 5.91 Å². The fourth-order valence-corrected chi connectivity index (χ4v) is 3.04. The second kappa shape index (κ2) is 5.34. The summed E-state index contributed by atoms with van der Waals surface area (Å²) in [5.74, 6) is -0.131. The fourth-order valence-electron chi connectivity index (χ4n) is 3.04. The number of nitrogens with one attached hydrogen (secondary N) is 1. The highest BCUT2D eigenvalue weighted by Gasteiger charge is 2.32. The van der Waals surface area contributed by atoms with Crippen molar-refractivity contribution in [2.24, 2.45) is 0 Å². The first-order valence-electron chi connectivity index (χ1n) is 7.20. The molecule has 2 atom stereocenters. The van der Waals surface area contributed by atoms with Crippen LogP contribution < -0.4 is 5.32 Å². The largest absolute Gasteiger partial charge is 0.390 e. The summed E-state index contributed by atoms with van der Waals surface area (Å²) in [6, 6.07) is 13.3. The van der Waals surface area contributed by atoms with E-state index in [-0.39, 0.29) is 11.9 Å². The molecule has 2 aromatic carbocycles. The summed E-state index contributed by atoms with van der Waals surface area (Å²) in [5, 5.41) is 13.2. The standard InChI is InChI=1S/C18H19NO2/c1-11-7-8-14(12(2)9-11)18(21)19-17-15-6-4-3-5-13(15)10-16(17)20/h3-9,16-17,20H,10H2,1-2H3,(H,19,21)/t16-,17+/m1/s1. The van der Waals surface area contributed by atoms with Crippen LogP contribution in [-0.4, -0.2) is 17.1 Å². The monoisotopic (exact) mass is 281 g/mol. The molecule has 2 N–H and O–H groups in total. The van der Waals surface area contributed by atoms with Crippen LogP contribution in [0.5, 0.6) is 0 Å². The van der Waals surface area contributed by atoms with Gasteiger partial charge in [-0.3, -0.25) is 4.79 Å². The molecule has 3 rings (SSSR count). The van der Waals surface area contributed by atoms with Gasteiger partial charge in [-0.2, -0.15) is 0 Å². The van der Waals surface area contributed by atoms with Gasteiger partial charge in [0.05, 0.1) is 12.1 Å². The molecule has 0 saturated heterocycles. The van der Waals surface area contributed by atoms with E-state index in [9.17, 15) is 9.90 Å². The highest BCUT2D eigenvalue weighted by molar-refractivity contribution is 5.96. The maximum atomic E-state index is 12.5. The average molecular weight is 281 g/mol. The van der Waals surface area contributed by atoms with E-state index in [2.05, 4.69) is 5.32 Å². The van der Waals surface area contributed by atoms with Gasteiger partial charge < -0.3 is 10.4 Å². The Bertz CT molecular complexity index is 693. The lowest BCUT2D eigenvalue weighted by molar-refractivity contribution is 0.0857.